The Bertz CT molecular complexity index is 816. The minimum atomic E-state index is -0.242. The lowest BCUT2D eigenvalue weighted by Crippen LogP contribution is -2.13. The molecule has 0 saturated carbocycles. The molecule has 0 aliphatic carbocycles. The summed E-state index contributed by atoms with van der Waals surface area (Å²) >= 11 is 3.50. The molecular weight excluding hydrogens is 419 g/mol. The second-order valence-electron chi connectivity index (χ2n) is 5.63. The van der Waals surface area contributed by atoms with Gasteiger partial charge in [-0.1, -0.05) is 28.1 Å². The monoisotopic (exact) mass is 436 g/mol. The van der Waals surface area contributed by atoms with Crippen LogP contribution in [0, 0.1) is 5.82 Å². The summed E-state index contributed by atoms with van der Waals surface area (Å²) in [5.41, 5.74) is 3.17. The van der Waals surface area contributed by atoms with E-state index in [0.717, 1.165) is 27.9 Å². The van der Waals surface area contributed by atoms with Gasteiger partial charge in [-0.15, -0.1) is 12.4 Å². The fourth-order valence-corrected chi connectivity index (χ4v) is 2.82. The van der Waals surface area contributed by atoms with Gasteiger partial charge >= 0.3 is 0 Å². The third-order valence-electron chi connectivity index (χ3n) is 3.72. The summed E-state index contributed by atoms with van der Waals surface area (Å²) in [5, 5.41) is 3.41. The maximum atomic E-state index is 13.0. The summed E-state index contributed by atoms with van der Waals surface area (Å²) in [7, 11) is 0. The maximum absolute atomic E-state index is 13.0. The minimum absolute atomic E-state index is 0. The molecule has 0 radical (unpaired) electrons. The molecule has 0 amide bonds. The molecule has 1 aromatic heterocycles. The van der Waals surface area contributed by atoms with Crippen molar-refractivity contribution in [2.75, 3.05) is 0 Å². The lowest BCUT2D eigenvalue weighted by Gasteiger charge is -2.13. The van der Waals surface area contributed by atoms with E-state index in [9.17, 15) is 4.39 Å². The van der Waals surface area contributed by atoms with Crippen LogP contribution in [0.15, 0.2) is 71.5 Å². The van der Waals surface area contributed by atoms with Crippen LogP contribution in [0.5, 0.6) is 5.75 Å². The summed E-state index contributed by atoms with van der Waals surface area (Å²) in [6.45, 7) is 1.84. The largest absolute Gasteiger partial charge is 0.489 e. The van der Waals surface area contributed by atoms with Crippen LogP contribution in [-0.4, -0.2) is 4.98 Å². The van der Waals surface area contributed by atoms with Crippen LogP contribution in [0.4, 0.5) is 4.39 Å². The highest BCUT2D eigenvalue weighted by Gasteiger charge is 2.06. The summed E-state index contributed by atoms with van der Waals surface area (Å²) in [4.78, 5) is 4.02. The molecule has 0 bridgehead atoms. The molecule has 0 spiro atoms. The molecule has 1 heterocycles. The molecule has 0 aliphatic heterocycles. The van der Waals surface area contributed by atoms with Gasteiger partial charge in [0.05, 0.1) is 0 Å². The van der Waals surface area contributed by atoms with E-state index < -0.39 is 0 Å². The van der Waals surface area contributed by atoms with Gasteiger partial charge < -0.3 is 10.1 Å². The number of hydrogen-bond donors (Lipinski definition) is 1. The van der Waals surface area contributed by atoms with Gasteiger partial charge in [0.15, 0.2) is 0 Å². The van der Waals surface area contributed by atoms with Gasteiger partial charge in [-0.25, -0.2) is 4.39 Å². The first-order chi connectivity index (χ1) is 12.2. The third-order valence-corrected chi connectivity index (χ3v) is 4.22. The normalized spacial score (nSPS) is 10.2. The van der Waals surface area contributed by atoms with Gasteiger partial charge in [0.1, 0.15) is 18.2 Å². The quantitative estimate of drug-likeness (QED) is 0.546. The number of hydrogen-bond acceptors (Lipinski definition) is 3. The smallest absolute Gasteiger partial charge is 0.124 e. The fraction of sp³-hybridized carbons (Fsp3) is 0.150. The van der Waals surface area contributed by atoms with Crippen molar-refractivity contribution in [3.05, 3.63) is 94.0 Å². The van der Waals surface area contributed by atoms with E-state index in [-0.39, 0.29) is 18.2 Å². The molecule has 136 valence electrons. The number of ether oxygens (including phenoxy) is 1. The second-order valence-corrected chi connectivity index (χ2v) is 6.54. The van der Waals surface area contributed by atoms with Gasteiger partial charge in [0.2, 0.25) is 0 Å². The van der Waals surface area contributed by atoms with Crippen molar-refractivity contribution in [2.45, 2.75) is 19.7 Å². The molecule has 6 heteroatoms. The summed E-state index contributed by atoms with van der Waals surface area (Å²) < 4.78 is 19.9. The van der Waals surface area contributed by atoms with Gasteiger partial charge in [-0.3, -0.25) is 4.98 Å². The Balaban J connectivity index is 0.00000243. The Hall–Kier alpha value is -1.95. The molecule has 0 fully saturated rings. The van der Waals surface area contributed by atoms with E-state index in [1.807, 2.05) is 30.3 Å². The fourth-order valence-electron chi connectivity index (χ4n) is 2.41. The molecule has 0 atom stereocenters. The number of nitrogens with one attached hydrogen (secondary N) is 1. The molecule has 0 aliphatic rings. The molecule has 26 heavy (non-hydrogen) atoms. The van der Waals surface area contributed by atoms with Crippen molar-refractivity contribution >= 4 is 28.3 Å². The van der Waals surface area contributed by atoms with Crippen molar-refractivity contribution < 1.29 is 9.13 Å². The first kappa shape index (κ1) is 20.4. The zero-order chi connectivity index (χ0) is 17.5. The van der Waals surface area contributed by atoms with E-state index >= 15 is 0 Å². The van der Waals surface area contributed by atoms with Gasteiger partial charge in [0.25, 0.3) is 0 Å². The van der Waals surface area contributed by atoms with E-state index in [1.54, 1.807) is 24.5 Å². The first-order valence-electron chi connectivity index (χ1n) is 7.96. The van der Waals surface area contributed by atoms with Crippen molar-refractivity contribution in [1.82, 2.24) is 10.3 Å². The predicted octanol–water partition coefficient (Wildman–Crippen LogP) is 5.27. The molecule has 3 aromatic rings. The molecule has 1 N–H and O–H groups in total. The molecule has 3 nitrogen and oxygen atoms in total. The summed E-state index contributed by atoms with van der Waals surface area (Å²) in [5.74, 6) is 0.572. The highest BCUT2D eigenvalue weighted by Crippen LogP contribution is 2.24. The molecule has 0 unspecified atom stereocenters. The Morgan fingerprint density at radius 2 is 1.65 bits per heavy atom. The van der Waals surface area contributed by atoms with Crippen LogP contribution in [0.25, 0.3) is 0 Å². The standard InChI is InChI=1S/C20H18BrFN2O.ClH/c21-18-3-6-20(25-14-16-1-4-19(22)5-2-16)17(11-18)13-24-12-15-7-9-23-10-8-15;/h1-11,24H,12-14H2;1H. The molecule has 2 aromatic carbocycles. The number of nitrogens with zero attached hydrogens (tertiary/aromatic N) is 1. The van der Waals surface area contributed by atoms with Crippen LogP contribution in [0.3, 0.4) is 0 Å². The highest BCUT2D eigenvalue weighted by atomic mass is 79.9. The second kappa shape index (κ2) is 10.3. The third kappa shape index (κ3) is 6.09. The summed E-state index contributed by atoms with van der Waals surface area (Å²) in [6, 6.07) is 16.3. The average molecular weight is 438 g/mol. The first-order valence-corrected chi connectivity index (χ1v) is 8.75. The van der Waals surface area contributed by atoms with E-state index in [2.05, 4.69) is 26.2 Å². The summed E-state index contributed by atoms with van der Waals surface area (Å²) in [6.07, 6.45) is 3.57. The molecule has 3 rings (SSSR count). The predicted molar refractivity (Wildman–Crippen MR) is 107 cm³/mol. The number of halogens is 3. The lowest BCUT2D eigenvalue weighted by molar-refractivity contribution is 0.302. The Morgan fingerprint density at radius 1 is 0.923 bits per heavy atom. The van der Waals surface area contributed by atoms with E-state index in [0.29, 0.717) is 13.2 Å². The molecule has 0 saturated heterocycles. The number of pyridine rings is 1. The SMILES string of the molecule is Cl.Fc1ccc(COc2ccc(Br)cc2CNCc2ccncc2)cc1. The van der Waals surface area contributed by atoms with E-state index in [4.69, 9.17) is 4.74 Å². The van der Waals surface area contributed by atoms with Crippen molar-refractivity contribution in [2.24, 2.45) is 0 Å². The molecular formula is C20H19BrClFN2O. The average Bonchev–Trinajstić information content (AvgIpc) is 2.63. The minimum Gasteiger partial charge on any atom is -0.489 e. The zero-order valence-corrected chi connectivity index (χ0v) is 16.4. The van der Waals surface area contributed by atoms with Crippen LogP contribution >= 0.6 is 28.3 Å². The Labute approximate surface area is 167 Å². The highest BCUT2D eigenvalue weighted by molar-refractivity contribution is 9.10. The number of rotatable bonds is 7. The van der Waals surface area contributed by atoms with Crippen molar-refractivity contribution in [1.29, 1.82) is 0 Å². The lowest BCUT2D eigenvalue weighted by atomic mass is 10.2. The van der Waals surface area contributed by atoms with Crippen LogP contribution in [0.2, 0.25) is 0 Å². The van der Waals surface area contributed by atoms with Crippen LogP contribution in [-0.2, 0) is 19.7 Å². The topological polar surface area (TPSA) is 34.1 Å². The van der Waals surface area contributed by atoms with Gasteiger partial charge in [-0.05, 0) is 53.6 Å². The number of benzene rings is 2. The van der Waals surface area contributed by atoms with E-state index in [1.165, 1.54) is 17.7 Å². The zero-order valence-electron chi connectivity index (χ0n) is 14.0. The Kier molecular flexibility index (Phi) is 8.04. The Morgan fingerprint density at radius 3 is 2.38 bits per heavy atom. The van der Waals surface area contributed by atoms with Crippen molar-refractivity contribution in [3.63, 3.8) is 0 Å². The van der Waals surface area contributed by atoms with Crippen molar-refractivity contribution in [3.8, 4) is 5.75 Å². The maximum Gasteiger partial charge on any atom is 0.124 e. The van der Waals surface area contributed by atoms with Gasteiger partial charge in [0, 0.05) is 35.5 Å². The van der Waals surface area contributed by atoms with Crippen LogP contribution in [0.1, 0.15) is 16.7 Å². The van der Waals surface area contributed by atoms with Crippen LogP contribution < -0.4 is 10.1 Å². The number of aromatic nitrogens is 1. The van der Waals surface area contributed by atoms with Gasteiger partial charge in [-0.2, -0.15) is 0 Å².